The van der Waals surface area contributed by atoms with Gasteiger partial charge in [-0.25, -0.2) is 4.39 Å². The van der Waals surface area contributed by atoms with Crippen LogP contribution in [0, 0.1) is 5.82 Å². The molecule has 0 radical (unpaired) electrons. The molecule has 1 heterocycles. The summed E-state index contributed by atoms with van der Waals surface area (Å²) in [5.41, 5.74) is 2.09. The van der Waals surface area contributed by atoms with E-state index >= 15 is 0 Å². The van der Waals surface area contributed by atoms with Crippen molar-refractivity contribution in [1.82, 2.24) is 15.5 Å². The Labute approximate surface area is 126 Å². The fourth-order valence-electron chi connectivity index (χ4n) is 2.27. The molecule has 0 aliphatic carbocycles. The van der Waals surface area contributed by atoms with Crippen LogP contribution in [0.25, 0.3) is 10.9 Å². The minimum atomic E-state index is -0.563. The lowest BCUT2D eigenvalue weighted by atomic mass is 10.1. The maximum Gasteiger partial charge on any atom is 0.251 e. The van der Waals surface area contributed by atoms with Crippen molar-refractivity contribution in [2.45, 2.75) is 6.54 Å². The van der Waals surface area contributed by atoms with Crippen LogP contribution >= 0.6 is 0 Å². The summed E-state index contributed by atoms with van der Waals surface area (Å²) in [5, 5.41) is 10.6. The molecular formula is C16H14FN3O2. The Balaban J connectivity index is 1.75. The Kier molecular flexibility index (Phi) is 3.74. The molecule has 0 unspecified atom stereocenters. The van der Waals surface area contributed by atoms with Crippen LogP contribution < -0.4 is 10.1 Å². The minimum absolute atomic E-state index is 0.111. The van der Waals surface area contributed by atoms with Crippen molar-refractivity contribution in [2.24, 2.45) is 0 Å². The van der Waals surface area contributed by atoms with Gasteiger partial charge in [-0.15, -0.1) is 0 Å². The zero-order valence-corrected chi connectivity index (χ0v) is 11.9. The van der Waals surface area contributed by atoms with Gasteiger partial charge in [0.15, 0.2) is 11.6 Å². The maximum absolute atomic E-state index is 13.6. The van der Waals surface area contributed by atoms with E-state index in [1.54, 1.807) is 6.20 Å². The average Bonchev–Trinajstić information content (AvgIpc) is 3.01. The smallest absolute Gasteiger partial charge is 0.251 e. The van der Waals surface area contributed by atoms with Crippen LogP contribution in [0.3, 0.4) is 0 Å². The molecule has 2 N–H and O–H groups in total. The summed E-state index contributed by atoms with van der Waals surface area (Å²) in [4.78, 5) is 12.1. The fourth-order valence-corrected chi connectivity index (χ4v) is 2.27. The average molecular weight is 299 g/mol. The van der Waals surface area contributed by atoms with Crippen LogP contribution in [0.1, 0.15) is 15.9 Å². The second-order valence-electron chi connectivity index (χ2n) is 4.78. The third-order valence-electron chi connectivity index (χ3n) is 3.43. The van der Waals surface area contributed by atoms with Crippen molar-refractivity contribution in [3.05, 3.63) is 59.5 Å². The van der Waals surface area contributed by atoms with Crippen molar-refractivity contribution in [3.8, 4) is 5.75 Å². The van der Waals surface area contributed by atoms with Gasteiger partial charge in [-0.05, 0) is 29.8 Å². The summed E-state index contributed by atoms with van der Waals surface area (Å²) in [6.45, 7) is 0.337. The van der Waals surface area contributed by atoms with Crippen molar-refractivity contribution in [3.63, 3.8) is 0 Å². The number of hydrogen-bond donors (Lipinski definition) is 2. The molecule has 6 heteroatoms. The second-order valence-corrected chi connectivity index (χ2v) is 4.78. The lowest BCUT2D eigenvalue weighted by Gasteiger charge is -2.08. The maximum atomic E-state index is 13.6. The number of fused-ring (bicyclic) bond motifs is 1. The van der Waals surface area contributed by atoms with Gasteiger partial charge < -0.3 is 10.1 Å². The van der Waals surface area contributed by atoms with E-state index in [2.05, 4.69) is 15.5 Å². The predicted octanol–water partition coefficient (Wildman–Crippen LogP) is 2.64. The number of aromatic nitrogens is 2. The molecule has 3 aromatic rings. The van der Waals surface area contributed by atoms with Crippen LogP contribution in [0.2, 0.25) is 0 Å². The third kappa shape index (κ3) is 2.63. The molecule has 3 rings (SSSR count). The lowest BCUT2D eigenvalue weighted by molar-refractivity contribution is 0.0950. The quantitative estimate of drug-likeness (QED) is 0.778. The first-order chi connectivity index (χ1) is 10.7. The molecule has 2 aromatic carbocycles. The molecule has 0 saturated heterocycles. The molecule has 0 fully saturated rings. The van der Waals surface area contributed by atoms with Gasteiger partial charge in [0.05, 0.1) is 18.8 Å². The number of ether oxygens (including phenoxy) is 1. The summed E-state index contributed by atoms with van der Waals surface area (Å²) in [6.07, 6.45) is 1.71. The van der Waals surface area contributed by atoms with E-state index in [1.807, 2.05) is 18.2 Å². The van der Waals surface area contributed by atoms with E-state index in [0.717, 1.165) is 22.5 Å². The number of rotatable bonds is 4. The number of benzene rings is 2. The number of carbonyl (C=O) groups excluding carboxylic acids is 1. The van der Waals surface area contributed by atoms with Crippen molar-refractivity contribution >= 4 is 16.8 Å². The van der Waals surface area contributed by atoms with Crippen LogP contribution in [0.4, 0.5) is 4.39 Å². The number of amides is 1. The number of nitrogens with one attached hydrogen (secondary N) is 2. The zero-order valence-electron chi connectivity index (χ0n) is 11.9. The van der Waals surface area contributed by atoms with E-state index < -0.39 is 5.82 Å². The largest absolute Gasteiger partial charge is 0.494 e. The molecule has 0 aliphatic rings. The number of hydrogen-bond acceptors (Lipinski definition) is 3. The molecule has 0 saturated carbocycles. The van der Waals surface area contributed by atoms with E-state index in [9.17, 15) is 9.18 Å². The molecule has 0 spiro atoms. The van der Waals surface area contributed by atoms with E-state index in [1.165, 1.54) is 19.2 Å². The van der Waals surface area contributed by atoms with Crippen LogP contribution in [-0.4, -0.2) is 23.2 Å². The number of H-pyrrole nitrogens is 1. The summed E-state index contributed by atoms with van der Waals surface area (Å²) >= 11 is 0. The van der Waals surface area contributed by atoms with Crippen molar-refractivity contribution in [2.75, 3.05) is 7.11 Å². The monoisotopic (exact) mass is 299 g/mol. The Morgan fingerprint density at radius 1 is 1.36 bits per heavy atom. The molecule has 112 valence electrons. The highest BCUT2D eigenvalue weighted by atomic mass is 19.1. The van der Waals surface area contributed by atoms with Crippen molar-refractivity contribution in [1.29, 1.82) is 0 Å². The summed E-state index contributed by atoms with van der Waals surface area (Å²) < 4.78 is 18.5. The molecule has 0 bridgehead atoms. The Morgan fingerprint density at radius 2 is 2.23 bits per heavy atom. The zero-order chi connectivity index (χ0) is 15.5. The number of halogens is 1. The third-order valence-corrected chi connectivity index (χ3v) is 3.43. The van der Waals surface area contributed by atoms with E-state index in [4.69, 9.17) is 4.74 Å². The number of nitrogens with zero attached hydrogens (tertiary/aromatic N) is 1. The van der Waals surface area contributed by atoms with Crippen LogP contribution in [0.5, 0.6) is 5.75 Å². The van der Waals surface area contributed by atoms with Gasteiger partial charge in [0, 0.05) is 17.5 Å². The molecular weight excluding hydrogens is 285 g/mol. The van der Waals surface area contributed by atoms with Gasteiger partial charge in [0.25, 0.3) is 5.91 Å². The summed E-state index contributed by atoms with van der Waals surface area (Å²) in [5.74, 6) is -0.797. The Hall–Kier alpha value is -2.89. The van der Waals surface area contributed by atoms with Crippen LogP contribution in [0.15, 0.2) is 42.6 Å². The minimum Gasteiger partial charge on any atom is -0.494 e. The molecule has 0 aliphatic heterocycles. The first-order valence-corrected chi connectivity index (χ1v) is 6.72. The second kappa shape index (κ2) is 5.85. The highest BCUT2D eigenvalue weighted by Gasteiger charge is 2.10. The highest BCUT2D eigenvalue weighted by molar-refractivity contribution is 5.94. The molecule has 0 atom stereocenters. The molecule has 1 aromatic heterocycles. The van der Waals surface area contributed by atoms with Gasteiger partial charge in [-0.3, -0.25) is 9.89 Å². The summed E-state index contributed by atoms with van der Waals surface area (Å²) in [7, 11) is 1.38. The number of methoxy groups -OCH3 is 1. The van der Waals surface area contributed by atoms with Crippen molar-refractivity contribution < 1.29 is 13.9 Å². The fraction of sp³-hybridized carbons (Fsp3) is 0.125. The summed E-state index contributed by atoms with van der Waals surface area (Å²) in [6, 6.07) is 9.82. The van der Waals surface area contributed by atoms with E-state index in [-0.39, 0.29) is 17.2 Å². The van der Waals surface area contributed by atoms with Gasteiger partial charge in [0.2, 0.25) is 0 Å². The standard InChI is InChI=1S/C16H14FN3O2/c1-22-15-6-5-10(7-13(15)17)16(21)18-8-11-3-2-4-14-12(11)9-19-20-14/h2-7,9H,8H2,1H3,(H,18,21)(H,19,20). The van der Waals surface area contributed by atoms with Gasteiger partial charge in [0.1, 0.15) is 0 Å². The molecule has 5 nitrogen and oxygen atoms in total. The normalized spacial score (nSPS) is 10.6. The highest BCUT2D eigenvalue weighted by Crippen LogP contribution is 2.18. The topological polar surface area (TPSA) is 67.0 Å². The van der Waals surface area contributed by atoms with Gasteiger partial charge in [-0.1, -0.05) is 12.1 Å². The van der Waals surface area contributed by atoms with E-state index in [0.29, 0.717) is 6.54 Å². The molecule has 1 amide bonds. The number of aromatic amines is 1. The first-order valence-electron chi connectivity index (χ1n) is 6.72. The lowest BCUT2D eigenvalue weighted by Crippen LogP contribution is -2.23. The number of carbonyl (C=O) groups is 1. The van der Waals surface area contributed by atoms with Gasteiger partial charge in [-0.2, -0.15) is 5.10 Å². The van der Waals surface area contributed by atoms with Gasteiger partial charge >= 0.3 is 0 Å². The SMILES string of the molecule is COc1ccc(C(=O)NCc2cccc3[nH]ncc23)cc1F. The predicted molar refractivity (Wildman–Crippen MR) is 80.2 cm³/mol. The van der Waals surface area contributed by atoms with Crippen LogP contribution in [-0.2, 0) is 6.54 Å². The Bertz CT molecular complexity index is 829. The Morgan fingerprint density at radius 3 is 3.00 bits per heavy atom. The first kappa shape index (κ1) is 14.1. The molecule has 22 heavy (non-hydrogen) atoms.